The van der Waals surface area contributed by atoms with Gasteiger partial charge in [0.15, 0.2) is 0 Å². The quantitative estimate of drug-likeness (QED) is 0.390. The normalized spacial score (nSPS) is 17.6. The molecule has 0 aliphatic carbocycles. The number of phosphoric ester groups is 2. The third-order valence-corrected chi connectivity index (χ3v) is 5.20. The fourth-order valence-corrected chi connectivity index (χ4v) is 3.74. The van der Waals surface area contributed by atoms with Crippen LogP contribution in [-0.2, 0) is 27.0 Å². The molecule has 0 fully saturated rings. The van der Waals surface area contributed by atoms with Gasteiger partial charge in [0.25, 0.3) is 0 Å². The molecule has 0 aliphatic rings. The molecule has 2 unspecified atom stereocenters. The first-order valence-electron chi connectivity index (χ1n) is 6.67. The SMILES string of the molecule is CCCCOP(=O)(O)OP(=O)(OCCN)OCCCC. The Bertz CT molecular complexity index is 340. The van der Waals surface area contributed by atoms with Gasteiger partial charge < -0.3 is 10.6 Å². The second kappa shape index (κ2) is 10.9. The molecule has 122 valence electrons. The van der Waals surface area contributed by atoms with E-state index in [0.29, 0.717) is 12.8 Å². The standard InChI is InChI=1S/C10H25NO7P2/c1-3-5-8-15-19(12,13)18-20(14,17-10-7-11)16-9-6-4-2/h3-11H2,1-2H3,(H,12,13). The fraction of sp³-hybridized carbons (Fsp3) is 1.00. The summed E-state index contributed by atoms with van der Waals surface area (Å²) in [4.78, 5) is 9.48. The lowest BCUT2D eigenvalue weighted by Gasteiger charge is -2.20. The zero-order chi connectivity index (χ0) is 15.5. The maximum absolute atomic E-state index is 12.2. The zero-order valence-corrected chi connectivity index (χ0v) is 13.8. The van der Waals surface area contributed by atoms with Crippen molar-refractivity contribution in [2.24, 2.45) is 5.73 Å². The van der Waals surface area contributed by atoms with E-state index in [-0.39, 0.29) is 26.4 Å². The van der Waals surface area contributed by atoms with Gasteiger partial charge in [0.2, 0.25) is 0 Å². The van der Waals surface area contributed by atoms with Crippen molar-refractivity contribution in [1.29, 1.82) is 0 Å². The smallest absolute Gasteiger partial charge is 0.328 e. The Hall–Kier alpha value is 0.220. The number of rotatable bonds is 13. The zero-order valence-electron chi connectivity index (χ0n) is 12.0. The molecular weight excluding hydrogens is 308 g/mol. The van der Waals surface area contributed by atoms with Crippen LogP contribution in [0.4, 0.5) is 0 Å². The molecule has 2 atom stereocenters. The maximum atomic E-state index is 12.2. The van der Waals surface area contributed by atoms with Gasteiger partial charge in [-0.2, -0.15) is 4.31 Å². The van der Waals surface area contributed by atoms with Gasteiger partial charge in [0, 0.05) is 6.54 Å². The molecule has 0 rings (SSSR count). The van der Waals surface area contributed by atoms with E-state index < -0.39 is 15.6 Å². The highest BCUT2D eigenvalue weighted by Gasteiger charge is 2.37. The predicted octanol–water partition coefficient (Wildman–Crippen LogP) is 2.82. The summed E-state index contributed by atoms with van der Waals surface area (Å²) in [6, 6.07) is 0. The minimum absolute atomic E-state index is 0.0239. The van der Waals surface area contributed by atoms with Gasteiger partial charge in [0.05, 0.1) is 19.8 Å². The number of phosphoric acid groups is 2. The summed E-state index contributed by atoms with van der Waals surface area (Å²) in [5.41, 5.74) is 5.23. The van der Waals surface area contributed by atoms with Crippen LogP contribution in [0.15, 0.2) is 0 Å². The molecule has 0 amide bonds. The molecule has 0 aromatic heterocycles. The third-order valence-electron chi connectivity index (χ3n) is 2.07. The number of hydrogen-bond donors (Lipinski definition) is 2. The summed E-state index contributed by atoms with van der Waals surface area (Å²) in [5, 5.41) is 0. The number of hydrogen-bond acceptors (Lipinski definition) is 7. The Morgan fingerprint density at radius 1 is 0.950 bits per heavy atom. The molecule has 8 nitrogen and oxygen atoms in total. The molecule has 0 heterocycles. The van der Waals surface area contributed by atoms with Crippen molar-refractivity contribution in [3.8, 4) is 0 Å². The summed E-state index contributed by atoms with van der Waals surface area (Å²) >= 11 is 0. The van der Waals surface area contributed by atoms with Crippen LogP contribution in [0.5, 0.6) is 0 Å². The highest BCUT2D eigenvalue weighted by atomic mass is 31.3. The van der Waals surface area contributed by atoms with Crippen LogP contribution in [0.2, 0.25) is 0 Å². The van der Waals surface area contributed by atoms with Crippen molar-refractivity contribution in [1.82, 2.24) is 0 Å². The molecule has 0 saturated heterocycles. The Morgan fingerprint density at radius 3 is 1.95 bits per heavy atom. The molecule has 0 aromatic rings. The minimum atomic E-state index is -4.49. The van der Waals surface area contributed by atoms with E-state index in [1.54, 1.807) is 0 Å². The number of nitrogens with two attached hydrogens (primary N) is 1. The lowest BCUT2D eigenvalue weighted by molar-refractivity contribution is 0.127. The Labute approximate surface area is 120 Å². The topological polar surface area (TPSA) is 117 Å². The average molecular weight is 333 g/mol. The lowest BCUT2D eigenvalue weighted by atomic mass is 10.4. The van der Waals surface area contributed by atoms with E-state index in [1.165, 1.54) is 0 Å². The molecule has 0 aliphatic heterocycles. The van der Waals surface area contributed by atoms with Crippen molar-refractivity contribution in [2.45, 2.75) is 39.5 Å². The van der Waals surface area contributed by atoms with Gasteiger partial charge in [-0.15, -0.1) is 0 Å². The highest BCUT2D eigenvalue weighted by Crippen LogP contribution is 2.63. The van der Waals surface area contributed by atoms with Crippen molar-refractivity contribution in [3.05, 3.63) is 0 Å². The van der Waals surface area contributed by atoms with Crippen molar-refractivity contribution in [2.75, 3.05) is 26.4 Å². The second-order valence-corrected chi connectivity index (χ2v) is 7.25. The summed E-state index contributed by atoms with van der Waals surface area (Å²) < 4.78 is 42.8. The van der Waals surface area contributed by atoms with Crippen LogP contribution in [0.1, 0.15) is 39.5 Å². The largest absolute Gasteiger partial charge is 0.483 e. The molecular formula is C10H25NO7P2. The monoisotopic (exact) mass is 333 g/mol. The Morgan fingerprint density at radius 2 is 1.45 bits per heavy atom. The van der Waals surface area contributed by atoms with Gasteiger partial charge in [-0.25, -0.2) is 9.13 Å². The molecule has 0 radical (unpaired) electrons. The van der Waals surface area contributed by atoms with E-state index in [4.69, 9.17) is 14.8 Å². The molecule has 3 N–H and O–H groups in total. The van der Waals surface area contributed by atoms with Crippen molar-refractivity contribution >= 4 is 15.6 Å². The van der Waals surface area contributed by atoms with Crippen LogP contribution in [0, 0.1) is 0 Å². The van der Waals surface area contributed by atoms with Crippen molar-refractivity contribution in [3.63, 3.8) is 0 Å². The minimum Gasteiger partial charge on any atom is -0.328 e. The van der Waals surface area contributed by atoms with E-state index >= 15 is 0 Å². The summed E-state index contributed by atoms with van der Waals surface area (Å²) in [6.45, 7) is 3.90. The molecule has 0 saturated carbocycles. The Kier molecular flexibility index (Phi) is 11.0. The highest BCUT2D eigenvalue weighted by molar-refractivity contribution is 7.61. The molecule has 10 heteroatoms. The summed E-state index contributed by atoms with van der Waals surface area (Å²) in [6.07, 6.45) is 2.79. The lowest BCUT2D eigenvalue weighted by Crippen LogP contribution is -2.10. The van der Waals surface area contributed by atoms with Crippen LogP contribution in [-0.4, -0.2) is 31.3 Å². The fourth-order valence-electron chi connectivity index (χ4n) is 1.04. The molecule has 0 aromatic carbocycles. The van der Waals surface area contributed by atoms with Crippen LogP contribution >= 0.6 is 15.6 Å². The third kappa shape index (κ3) is 10.0. The second-order valence-electron chi connectivity index (χ2n) is 3.99. The average Bonchev–Trinajstić information content (AvgIpc) is 2.36. The van der Waals surface area contributed by atoms with Gasteiger partial charge in [-0.1, -0.05) is 26.7 Å². The summed E-state index contributed by atoms with van der Waals surface area (Å²) in [5.74, 6) is 0. The van der Waals surface area contributed by atoms with Crippen LogP contribution in [0.3, 0.4) is 0 Å². The van der Waals surface area contributed by atoms with E-state index in [2.05, 4.69) is 8.83 Å². The maximum Gasteiger partial charge on any atom is 0.483 e. The van der Waals surface area contributed by atoms with Gasteiger partial charge in [-0.3, -0.25) is 13.6 Å². The first-order chi connectivity index (χ1) is 9.39. The molecule has 20 heavy (non-hydrogen) atoms. The molecule has 0 bridgehead atoms. The van der Waals surface area contributed by atoms with Crippen LogP contribution < -0.4 is 5.73 Å². The van der Waals surface area contributed by atoms with E-state index in [1.807, 2.05) is 13.8 Å². The summed E-state index contributed by atoms with van der Waals surface area (Å²) in [7, 11) is -8.64. The Balaban J connectivity index is 4.52. The van der Waals surface area contributed by atoms with Gasteiger partial charge in [-0.05, 0) is 12.8 Å². The van der Waals surface area contributed by atoms with Gasteiger partial charge >= 0.3 is 15.6 Å². The van der Waals surface area contributed by atoms with Gasteiger partial charge in [0.1, 0.15) is 0 Å². The van der Waals surface area contributed by atoms with Crippen LogP contribution in [0.25, 0.3) is 0 Å². The molecule has 0 spiro atoms. The predicted molar refractivity (Wildman–Crippen MR) is 75.2 cm³/mol. The van der Waals surface area contributed by atoms with E-state index in [9.17, 15) is 14.0 Å². The first kappa shape index (κ1) is 20.2. The van der Waals surface area contributed by atoms with Crippen molar-refractivity contribution < 1.29 is 31.9 Å². The van der Waals surface area contributed by atoms with E-state index in [0.717, 1.165) is 12.8 Å². The number of unbranched alkanes of at least 4 members (excludes halogenated alkanes) is 2. The first-order valence-corrected chi connectivity index (χ1v) is 9.62.